The van der Waals surface area contributed by atoms with Gasteiger partial charge in [-0.1, -0.05) is 12.1 Å². The molecule has 0 spiro atoms. The van der Waals surface area contributed by atoms with Crippen molar-refractivity contribution in [3.8, 4) is 5.88 Å². The van der Waals surface area contributed by atoms with Crippen LogP contribution < -0.4 is 10.4 Å². The molecule has 0 aliphatic carbocycles. The Bertz CT molecular complexity index is 900. The van der Waals surface area contributed by atoms with E-state index in [1.165, 1.54) is 6.07 Å². The van der Waals surface area contributed by atoms with Gasteiger partial charge >= 0.3 is 5.63 Å². The van der Waals surface area contributed by atoms with Gasteiger partial charge in [0.2, 0.25) is 5.88 Å². The Balaban J connectivity index is 1.93. The van der Waals surface area contributed by atoms with Gasteiger partial charge in [0.15, 0.2) is 0 Å². The zero-order valence-electron chi connectivity index (χ0n) is 12.7. The third-order valence-corrected chi connectivity index (χ3v) is 3.57. The van der Waals surface area contributed by atoms with E-state index in [2.05, 4.69) is 10.2 Å². The van der Waals surface area contributed by atoms with Crippen molar-refractivity contribution in [2.24, 2.45) is 0 Å². The number of hydrogen-bond donors (Lipinski definition) is 0. The summed E-state index contributed by atoms with van der Waals surface area (Å²) in [4.78, 5) is 11.7. The van der Waals surface area contributed by atoms with E-state index in [1.54, 1.807) is 0 Å². The fraction of sp³-hybridized carbons (Fsp3) is 0.235. The largest absolute Gasteiger partial charge is 0.472 e. The predicted molar refractivity (Wildman–Crippen MR) is 83.1 cm³/mol. The summed E-state index contributed by atoms with van der Waals surface area (Å²) >= 11 is 0. The van der Waals surface area contributed by atoms with Gasteiger partial charge in [0.25, 0.3) is 0 Å². The van der Waals surface area contributed by atoms with Crippen molar-refractivity contribution < 1.29 is 9.15 Å². The van der Waals surface area contributed by atoms with Crippen molar-refractivity contribution in [3.63, 3.8) is 0 Å². The highest BCUT2D eigenvalue weighted by Gasteiger charge is 2.08. The molecule has 0 aliphatic heterocycles. The molecule has 5 heteroatoms. The topological polar surface area (TPSA) is 65.2 Å². The highest BCUT2D eigenvalue weighted by Crippen LogP contribution is 2.20. The molecule has 0 bridgehead atoms. The van der Waals surface area contributed by atoms with Crippen LogP contribution in [0.2, 0.25) is 0 Å². The van der Waals surface area contributed by atoms with Crippen LogP contribution in [0.3, 0.4) is 0 Å². The number of fused-ring (bicyclic) bond motifs is 1. The maximum atomic E-state index is 11.7. The summed E-state index contributed by atoms with van der Waals surface area (Å²) in [5.41, 5.74) is 3.87. The van der Waals surface area contributed by atoms with E-state index in [9.17, 15) is 4.79 Å². The smallest absolute Gasteiger partial charge is 0.336 e. The Morgan fingerprint density at radius 3 is 2.68 bits per heavy atom. The molecule has 2 aromatic heterocycles. The molecule has 0 atom stereocenters. The number of benzene rings is 1. The van der Waals surface area contributed by atoms with Crippen molar-refractivity contribution >= 4 is 11.0 Å². The van der Waals surface area contributed by atoms with E-state index in [4.69, 9.17) is 9.15 Å². The van der Waals surface area contributed by atoms with Crippen LogP contribution in [-0.2, 0) is 6.61 Å². The van der Waals surface area contributed by atoms with Crippen molar-refractivity contribution in [1.29, 1.82) is 0 Å². The Kier molecular flexibility index (Phi) is 3.63. The number of nitrogens with zero attached hydrogens (tertiary/aromatic N) is 2. The minimum atomic E-state index is -0.386. The van der Waals surface area contributed by atoms with Crippen LogP contribution in [0.15, 0.2) is 39.5 Å². The Morgan fingerprint density at radius 2 is 1.91 bits per heavy atom. The first kappa shape index (κ1) is 14.3. The van der Waals surface area contributed by atoms with Crippen LogP contribution >= 0.6 is 0 Å². The van der Waals surface area contributed by atoms with Crippen LogP contribution in [-0.4, -0.2) is 10.2 Å². The van der Waals surface area contributed by atoms with Gasteiger partial charge in [-0.3, -0.25) is 0 Å². The van der Waals surface area contributed by atoms with Crippen molar-refractivity contribution in [1.82, 2.24) is 10.2 Å². The first-order valence-electron chi connectivity index (χ1n) is 7.00. The lowest BCUT2D eigenvalue weighted by Gasteiger charge is -2.08. The van der Waals surface area contributed by atoms with Gasteiger partial charge in [-0.2, -0.15) is 5.10 Å². The highest BCUT2D eigenvalue weighted by molar-refractivity contribution is 5.80. The fourth-order valence-electron chi connectivity index (χ4n) is 2.20. The normalized spacial score (nSPS) is 10.9. The molecule has 0 amide bonds. The summed E-state index contributed by atoms with van der Waals surface area (Å²) in [7, 11) is 0. The molecule has 0 saturated heterocycles. The van der Waals surface area contributed by atoms with Crippen molar-refractivity contribution in [2.45, 2.75) is 27.4 Å². The Morgan fingerprint density at radius 1 is 1.09 bits per heavy atom. The summed E-state index contributed by atoms with van der Waals surface area (Å²) in [6, 6.07) is 9.03. The zero-order chi connectivity index (χ0) is 15.7. The van der Waals surface area contributed by atoms with Crippen LogP contribution in [0.25, 0.3) is 11.0 Å². The second-order valence-corrected chi connectivity index (χ2v) is 5.33. The number of rotatable bonds is 3. The van der Waals surface area contributed by atoms with Gasteiger partial charge in [-0.25, -0.2) is 4.79 Å². The molecule has 0 unspecified atom stereocenters. The molecule has 2 heterocycles. The standard InChI is InChI=1S/C17H16N2O3/c1-10-4-5-14-13(8-17(20)22-15(14)6-10)9-21-16-7-11(2)12(3)18-19-16/h4-8H,9H2,1-3H3. The van der Waals surface area contributed by atoms with E-state index in [-0.39, 0.29) is 12.2 Å². The lowest BCUT2D eigenvalue weighted by atomic mass is 10.1. The summed E-state index contributed by atoms with van der Waals surface area (Å²) in [6.45, 7) is 6.03. The van der Waals surface area contributed by atoms with E-state index in [1.807, 2.05) is 45.0 Å². The van der Waals surface area contributed by atoms with E-state index >= 15 is 0 Å². The Labute approximate surface area is 127 Å². The zero-order valence-corrected chi connectivity index (χ0v) is 12.7. The van der Waals surface area contributed by atoms with Gasteiger partial charge < -0.3 is 9.15 Å². The lowest BCUT2D eigenvalue weighted by molar-refractivity contribution is 0.290. The van der Waals surface area contributed by atoms with Gasteiger partial charge in [-0.05, 0) is 38.0 Å². The molecule has 5 nitrogen and oxygen atoms in total. The molecule has 0 N–H and O–H groups in total. The first-order valence-corrected chi connectivity index (χ1v) is 7.00. The van der Waals surface area contributed by atoms with Gasteiger partial charge in [0.05, 0.1) is 5.69 Å². The molecule has 0 radical (unpaired) electrons. The van der Waals surface area contributed by atoms with Gasteiger partial charge in [0, 0.05) is 23.1 Å². The van der Waals surface area contributed by atoms with Crippen LogP contribution in [0.5, 0.6) is 5.88 Å². The molecule has 112 valence electrons. The monoisotopic (exact) mass is 296 g/mol. The minimum absolute atomic E-state index is 0.238. The second kappa shape index (κ2) is 5.60. The summed E-state index contributed by atoms with van der Waals surface area (Å²) in [6.07, 6.45) is 0. The number of hydrogen-bond acceptors (Lipinski definition) is 5. The summed E-state index contributed by atoms with van der Waals surface area (Å²) in [5.74, 6) is 0.441. The second-order valence-electron chi connectivity index (χ2n) is 5.33. The molecule has 0 fully saturated rings. The third-order valence-electron chi connectivity index (χ3n) is 3.57. The predicted octanol–water partition coefficient (Wildman–Crippen LogP) is 3.09. The molecular weight excluding hydrogens is 280 g/mol. The van der Waals surface area contributed by atoms with Crippen molar-refractivity contribution in [3.05, 3.63) is 63.1 Å². The first-order chi connectivity index (χ1) is 10.5. The molecule has 1 aromatic carbocycles. The van der Waals surface area contributed by atoms with Crippen LogP contribution in [0, 0.1) is 20.8 Å². The number of aromatic nitrogens is 2. The van der Waals surface area contributed by atoms with Crippen molar-refractivity contribution in [2.75, 3.05) is 0 Å². The quantitative estimate of drug-likeness (QED) is 0.695. The average Bonchev–Trinajstić information content (AvgIpc) is 2.47. The number of ether oxygens (including phenoxy) is 1. The molecule has 3 aromatic rings. The Hall–Kier alpha value is -2.69. The molecule has 22 heavy (non-hydrogen) atoms. The van der Waals surface area contributed by atoms with E-state index < -0.39 is 0 Å². The van der Waals surface area contributed by atoms with E-state index in [0.29, 0.717) is 11.5 Å². The fourth-order valence-corrected chi connectivity index (χ4v) is 2.20. The van der Waals surface area contributed by atoms with Gasteiger partial charge in [0.1, 0.15) is 12.2 Å². The van der Waals surface area contributed by atoms with Crippen LogP contribution in [0.4, 0.5) is 0 Å². The van der Waals surface area contributed by atoms with Crippen LogP contribution in [0.1, 0.15) is 22.4 Å². The summed E-state index contributed by atoms with van der Waals surface area (Å²) in [5, 5.41) is 8.89. The number of aryl methyl sites for hydroxylation is 3. The molecule has 0 aliphatic rings. The van der Waals surface area contributed by atoms with E-state index in [0.717, 1.165) is 27.8 Å². The lowest BCUT2D eigenvalue weighted by Crippen LogP contribution is -2.05. The maximum Gasteiger partial charge on any atom is 0.336 e. The average molecular weight is 296 g/mol. The maximum absolute atomic E-state index is 11.7. The SMILES string of the molecule is Cc1ccc2c(COc3cc(C)c(C)nn3)cc(=O)oc2c1. The molecule has 0 saturated carbocycles. The summed E-state index contributed by atoms with van der Waals surface area (Å²) < 4.78 is 10.9. The van der Waals surface area contributed by atoms with Gasteiger partial charge in [-0.15, -0.1) is 5.10 Å². The minimum Gasteiger partial charge on any atom is -0.472 e. The third kappa shape index (κ3) is 2.83. The highest BCUT2D eigenvalue weighted by atomic mass is 16.5. The molecule has 3 rings (SSSR count). The molecular formula is C17H16N2O3.